The summed E-state index contributed by atoms with van der Waals surface area (Å²) in [5.41, 5.74) is 0.136. The topological polar surface area (TPSA) is 59.1 Å². The minimum Gasteiger partial charge on any atom is -0.491 e. The van der Waals surface area contributed by atoms with Crippen LogP contribution < -0.4 is 15.4 Å². The van der Waals surface area contributed by atoms with Gasteiger partial charge in [0.05, 0.1) is 6.10 Å². The maximum atomic E-state index is 13.4. The molecule has 2 aromatic carbocycles. The van der Waals surface area contributed by atoms with Gasteiger partial charge in [-0.3, -0.25) is 0 Å². The highest BCUT2D eigenvalue weighted by atomic mass is 127. The van der Waals surface area contributed by atoms with Crippen molar-refractivity contribution in [2.75, 3.05) is 10.6 Å². The fourth-order valence-electron chi connectivity index (χ4n) is 2.46. The molecule has 0 radical (unpaired) electrons. The average molecular weight is 514 g/mol. The number of aromatic nitrogens is 2. The minimum absolute atomic E-state index is 0.0521. The molecule has 0 amide bonds. The van der Waals surface area contributed by atoms with Crippen LogP contribution in [0, 0.1) is 3.57 Å². The van der Waals surface area contributed by atoms with Crippen molar-refractivity contribution in [2.45, 2.75) is 26.1 Å². The Labute approximate surface area is 179 Å². The van der Waals surface area contributed by atoms with E-state index in [1.54, 1.807) is 36.4 Å². The zero-order valence-corrected chi connectivity index (χ0v) is 17.7. The Morgan fingerprint density at radius 3 is 2.38 bits per heavy atom. The molecule has 152 valence electrons. The number of anilines is 4. The summed E-state index contributed by atoms with van der Waals surface area (Å²) >= 11 is 2.16. The van der Waals surface area contributed by atoms with E-state index in [0.717, 1.165) is 9.77 Å². The Kier molecular flexibility index (Phi) is 6.46. The van der Waals surface area contributed by atoms with Crippen LogP contribution in [-0.4, -0.2) is 16.1 Å². The van der Waals surface area contributed by atoms with Gasteiger partial charge in [0, 0.05) is 27.2 Å². The number of rotatable bonds is 6. The first-order chi connectivity index (χ1) is 13.7. The van der Waals surface area contributed by atoms with Crippen LogP contribution in [0.5, 0.6) is 5.75 Å². The first-order valence-corrected chi connectivity index (χ1v) is 9.79. The van der Waals surface area contributed by atoms with E-state index in [2.05, 4.69) is 43.2 Å². The first-order valence-electron chi connectivity index (χ1n) is 8.71. The molecule has 9 heteroatoms. The number of ether oxygens (including phenoxy) is 1. The van der Waals surface area contributed by atoms with Gasteiger partial charge in [0.2, 0.25) is 5.95 Å². The number of nitrogens with one attached hydrogen (secondary N) is 2. The lowest BCUT2D eigenvalue weighted by Gasteiger charge is -2.16. The van der Waals surface area contributed by atoms with E-state index in [1.807, 2.05) is 26.0 Å². The van der Waals surface area contributed by atoms with E-state index in [-0.39, 0.29) is 17.9 Å². The van der Waals surface area contributed by atoms with Gasteiger partial charge < -0.3 is 15.4 Å². The van der Waals surface area contributed by atoms with Gasteiger partial charge in [0.15, 0.2) is 0 Å². The lowest BCUT2D eigenvalue weighted by atomic mass is 10.2. The molecule has 0 bridgehead atoms. The van der Waals surface area contributed by atoms with Crippen LogP contribution >= 0.6 is 22.6 Å². The summed E-state index contributed by atoms with van der Waals surface area (Å²) in [4.78, 5) is 7.86. The predicted molar refractivity (Wildman–Crippen MR) is 115 cm³/mol. The van der Waals surface area contributed by atoms with Crippen LogP contribution in [0.15, 0.2) is 54.7 Å². The minimum atomic E-state index is -4.60. The highest BCUT2D eigenvalue weighted by molar-refractivity contribution is 14.1. The third kappa shape index (κ3) is 5.96. The average Bonchev–Trinajstić information content (AvgIpc) is 2.62. The van der Waals surface area contributed by atoms with Crippen molar-refractivity contribution in [1.29, 1.82) is 0 Å². The SMILES string of the molecule is CC(C)Oc1cccc(Nc2nc(Nc3ccc(I)cc3)ncc2C(F)(F)F)c1. The molecule has 2 N–H and O–H groups in total. The maximum Gasteiger partial charge on any atom is 0.421 e. The van der Waals surface area contributed by atoms with Crippen molar-refractivity contribution < 1.29 is 17.9 Å². The molecule has 0 atom stereocenters. The van der Waals surface area contributed by atoms with Gasteiger partial charge >= 0.3 is 6.18 Å². The van der Waals surface area contributed by atoms with Crippen molar-refractivity contribution in [3.8, 4) is 5.75 Å². The summed E-state index contributed by atoms with van der Waals surface area (Å²) in [6.45, 7) is 3.74. The highest BCUT2D eigenvalue weighted by Gasteiger charge is 2.35. The molecule has 3 rings (SSSR count). The Hall–Kier alpha value is -2.56. The van der Waals surface area contributed by atoms with Crippen LogP contribution in [0.1, 0.15) is 19.4 Å². The molecule has 0 aliphatic heterocycles. The molecule has 0 aliphatic rings. The third-order valence-corrected chi connectivity index (χ3v) is 4.38. The van der Waals surface area contributed by atoms with Crippen LogP contribution in [0.25, 0.3) is 0 Å². The Balaban J connectivity index is 1.91. The fourth-order valence-corrected chi connectivity index (χ4v) is 2.82. The summed E-state index contributed by atoms with van der Waals surface area (Å²) in [6, 6.07) is 14.0. The number of alkyl halides is 3. The molecule has 3 aromatic rings. The van der Waals surface area contributed by atoms with E-state index in [4.69, 9.17) is 4.74 Å². The molecular weight excluding hydrogens is 496 g/mol. The molecule has 0 saturated heterocycles. The lowest BCUT2D eigenvalue weighted by molar-refractivity contribution is -0.137. The normalized spacial score (nSPS) is 11.4. The van der Waals surface area contributed by atoms with E-state index < -0.39 is 11.7 Å². The summed E-state index contributed by atoms with van der Waals surface area (Å²) < 4.78 is 46.9. The van der Waals surface area contributed by atoms with Gasteiger partial charge in [-0.15, -0.1) is 0 Å². The number of hydrogen-bond donors (Lipinski definition) is 2. The second-order valence-electron chi connectivity index (χ2n) is 6.40. The van der Waals surface area contributed by atoms with Crippen molar-refractivity contribution in [2.24, 2.45) is 0 Å². The quantitative estimate of drug-likeness (QED) is 0.375. The van der Waals surface area contributed by atoms with E-state index >= 15 is 0 Å². The van der Waals surface area contributed by atoms with Gasteiger partial charge in [-0.2, -0.15) is 18.2 Å². The first kappa shape index (κ1) is 21.2. The molecule has 0 unspecified atom stereocenters. The van der Waals surface area contributed by atoms with Gasteiger partial charge in [0.1, 0.15) is 17.1 Å². The van der Waals surface area contributed by atoms with Crippen molar-refractivity contribution >= 4 is 45.7 Å². The molecular formula is C20H18F3IN4O. The monoisotopic (exact) mass is 514 g/mol. The molecule has 5 nitrogen and oxygen atoms in total. The molecule has 0 spiro atoms. The summed E-state index contributed by atoms with van der Waals surface area (Å²) in [5, 5.41) is 5.65. The summed E-state index contributed by atoms with van der Waals surface area (Å²) in [6.07, 6.45) is -3.89. The predicted octanol–water partition coefficient (Wildman–Crippen LogP) is 6.37. The third-order valence-electron chi connectivity index (χ3n) is 3.66. The smallest absolute Gasteiger partial charge is 0.421 e. The van der Waals surface area contributed by atoms with Crippen LogP contribution in [-0.2, 0) is 6.18 Å². The molecule has 29 heavy (non-hydrogen) atoms. The lowest BCUT2D eigenvalue weighted by Crippen LogP contribution is -2.12. The highest BCUT2D eigenvalue weighted by Crippen LogP contribution is 2.35. The number of nitrogens with zero attached hydrogens (tertiary/aromatic N) is 2. The maximum absolute atomic E-state index is 13.4. The van der Waals surface area contributed by atoms with Crippen LogP contribution in [0.4, 0.5) is 36.3 Å². The van der Waals surface area contributed by atoms with Crippen molar-refractivity contribution in [3.05, 3.63) is 63.9 Å². The van der Waals surface area contributed by atoms with Gasteiger partial charge in [0.25, 0.3) is 0 Å². The Morgan fingerprint density at radius 1 is 1.00 bits per heavy atom. The van der Waals surface area contributed by atoms with Crippen LogP contribution in [0.3, 0.4) is 0 Å². The number of benzene rings is 2. The number of halogens is 4. The van der Waals surface area contributed by atoms with Crippen molar-refractivity contribution in [1.82, 2.24) is 9.97 Å². The summed E-state index contributed by atoms with van der Waals surface area (Å²) in [7, 11) is 0. The second kappa shape index (κ2) is 8.85. The fraction of sp³-hybridized carbons (Fsp3) is 0.200. The Morgan fingerprint density at radius 2 is 1.72 bits per heavy atom. The molecule has 0 fully saturated rings. The summed E-state index contributed by atoms with van der Waals surface area (Å²) in [5.74, 6) is 0.253. The van der Waals surface area contributed by atoms with Crippen molar-refractivity contribution in [3.63, 3.8) is 0 Å². The zero-order valence-electron chi connectivity index (χ0n) is 15.6. The van der Waals surface area contributed by atoms with E-state index in [9.17, 15) is 13.2 Å². The second-order valence-corrected chi connectivity index (χ2v) is 7.65. The van der Waals surface area contributed by atoms with Gasteiger partial charge in [-0.05, 0) is 72.8 Å². The van der Waals surface area contributed by atoms with Crippen LogP contribution in [0.2, 0.25) is 0 Å². The van der Waals surface area contributed by atoms with E-state index in [1.165, 1.54) is 0 Å². The molecule has 1 aromatic heterocycles. The van der Waals surface area contributed by atoms with Gasteiger partial charge in [-0.25, -0.2) is 4.98 Å². The molecule has 0 saturated carbocycles. The standard InChI is InChI=1S/C20H18F3IN4O/c1-12(2)29-16-5-3-4-15(10-16)26-18-17(20(21,22)23)11-25-19(28-18)27-14-8-6-13(24)7-9-14/h3-12H,1-2H3,(H2,25,26,27,28). The van der Waals surface area contributed by atoms with Gasteiger partial charge in [-0.1, -0.05) is 6.07 Å². The van der Waals surface area contributed by atoms with E-state index in [0.29, 0.717) is 17.1 Å². The Bertz CT molecular complexity index is 978. The largest absolute Gasteiger partial charge is 0.491 e. The molecule has 0 aliphatic carbocycles. The number of hydrogen-bond acceptors (Lipinski definition) is 5. The zero-order chi connectivity index (χ0) is 21.0. The molecule has 1 heterocycles.